The minimum atomic E-state index is 0.482. The third-order valence-corrected chi connectivity index (χ3v) is 4.10. The van der Waals surface area contributed by atoms with Gasteiger partial charge < -0.3 is 5.73 Å². The predicted octanol–water partition coefficient (Wildman–Crippen LogP) is 2.79. The van der Waals surface area contributed by atoms with Crippen LogP contribution in [0.1, 0.15) is 44.2 Å². The third-order valence-electron chi connectivity index (χ3n) is 3.68. The van der Waals surface area contributed by atoms with Crippen LogP contribution in [-0.4, -0.2) is 16.3 Å². The summed E-state index contributed by atoms with van der Waals surface area (Å²) in [5.74, 6) is 0.705. The molecule has 0 spiro atoms. The van der Waals surface area contributed by atoms with Crippen LogP contribution in [-0.2, 0) is 6.42 Å². The van der Waals surface area contributed by atoms with Crippen molar-refractivity contribution in [2.24, 2.45) is 11.7 Å². The van der Waals surface area contributed by atoms with Crippen LogP contribution in [0.4, 0.5) is 0 Å². The molecule has 0 saturated heterocycles. The van der Waals surface area contributed by atoms with E-state index >= 15 is 0 Å². The van der Waals surface area contributed by atoms with Crippen molar-refractivity contribution in [1.82, 2.24) is 9.78 Å². The van der Waals surface area contributed by atoms with Crippen LogP contribution in [0.25, 0.3) is 0 Å². The highest BCUT2D eigenvalue weighted by Crippen LogP contribution is 2.33. The Labute approximate surface area is 102 Å². The molecule has 0 unspecified atom stereocenters. The Morgan fingerprint density at radius 1 is 1.44 bits per heavy atom. The maximum Gasteiger partial charge on any atom is 0.130 e. The normalized spacial score (nSPS) is 25.9. The standard InChI is InChI=1S/C12H20ClN3/c1-2-10-8-15-16(12(10)13)11-5-3-9(7-14)4-6-11/h8-9,11H,2-7,14H2,1H3. The second kappa shape index (κ2) is 5.19. The Bertz CT molecular complexity index is 340. The van der Waals surface area contributed by atoms with Crippen molar-refractivity contribution in [1.29, 1.82) is 0 Å². The van der Waals surface area contributed by atoms with Gasteiger partial charge in [-0.2, -0.15) is 5.10 Å². The van der Waals surface area contributed by atoms with E-state index in [1.807, 2.05) is 10.9 Å². The van der Waals surface area contributed by atoms with Crippen LogP contribution in [0.15, 0.2) is 6.20 Å². The molecule has 0 aromatic carbocycles. The Morgan fingerprint density at radius 3 is 2.62 bits per heavy atom. The topological polar surface area (TPSA) is 43.8 Å². The molecule has 0 aliphatic heterocycles. The first kappa shape index (κ1) is 11.9. The van der Waals surface area contributed by atoms with Gasteiger partial charge in [0.25, 0.3) is 0 Å². The van der Waals surface area contributed by atoms with Crippen molar-refractivity contribution in [3.63, 3.8) is 0 Å². The lowest BCUT2D eigenvalue weighted by Gasteiger charge is -2.28. The van der Waals surface area contributed by atoms with Crippen LogP contribution in [0.2, 0.25) is 5.15 Å². The average molecular weight is 242 g/mol. The van der Waals surface area contributed by atoms with Crippen molar-refractivity contribution < 1.29 is 0 Å². The molecule has 2 N–H and O–H groups in total. The molecule has 1 aromatic heterocycles. The zero-order valence-electron chi connectivity index (χ0n) is 9.82. The van der Waals surface area contributed by atoms with Gasteiger partial charge in [-0.15, -0.1) is 0 Å². The smallest absolute Gasteiger partial charge is 0.130 e. The van der Waals surface area contributed by atoms with Gasteiger partial charge in [-0.25, -0.2) is 0 Å². The highest BCUT2D eigenvalue weighted by Gasteiger charge is 2.23. The van der Waals surface area contributed by atoms with Gasteiger partial charge in [0.2, 0.25) is 0 Å². The molecule has 3 nitrogen and oxygen atoms in total. The monoisotopic (exact) mass is 241 g/mol. The molecular weight excluding hydrogens is 222 g/mol. The lowest BCUT2D eigenvalue weighted by molar-refractivity contribution is 0.265. The molecule has 0 atom stereocenters. The summed E-state index contributed by atoms with van der Waals surface area (Å²) in [4.78, 5) is 0. The van der Waals surface area contributed by atoms with E-state index in [4.69, 9.17) is 17.3 Å². The first-order valence-corrected chi connectivity index (χ1v) is 6.56. The van der Waals surface area contributed by atoms with E-state index in [9.17, 15) is 0 Å². The molecule has 1 aliphatic rings. The van der Waals surface area contributed by atoms with Crippen molar-refractivity contribution in [3.8, 4) is 0 Å². The lowest BCUT2D eigenvalue weighted by Crippen LogP contribution is -2.23. The summed E-state index contributed by atoms with van der Waals surface area (Å²) >= 11 is 6.30. The molecule has 4 heteroatoms. The molecule has 1 heterocycles. The van der Waals surface area contributed by atoms with E-state index in [0.717, 1.165) is 36.5 Å². The minimum Gasteiger partial charge on any atom is -0.330 e. The molecular formula is C12H20ClN3. The van der Waals surface area contributed by atoms with Gasteiger partial charge >= 0.3 is 0 Å². The zero-order chi connectivity index (χ0) is 11.5. The fourth-order valence-corrected chi connectivity index (χ4v) is 2.86. The van der Waals surface area contributed by atoms with Crippen LogP contribution in [0.5, 0.6) is 0 Å². The average Bonchev–Trinajstić information content (AvgIpc) is 2.70. The van der Waals surface area contributed by atoms with Crippen molar-refractivity contribution >= 4 is 11.6 Å². The number of nitrogens with zero attached hydrogens (tertiary/aromatic N) is 2. The highest BCUT2D eigenvalue weighted by molar-refractivity contribution is 6.30. The van der Waals surface area contributed by atoms with Crippen LogP contribution in [0.3, 0.4) is 0 Å². The molecule has 2 rings (SSSR count). The minimum absolute atomic E-state index is 0.482. The molecule has 0 amide bonds. The fourth-order valence-electron chi connectivity index (χ4n) is 2.50. The van der Waals surface area contributed by atoms with E-state index in [-0.39, 0.29) is 0 Å². The molecule has 90 valence electrons. The SMILES string of the molecule is CCc1cnn(C2CCC(CN)CC2)c1Cl. The van der Waals surface area contributed by atoms with Gasteiger partial charge in [0, 0.05) is 5.56 Å². The molecule has 0 bridgehead atoms. The van der Waals surface area contributed by atoms with E-state index < -0.39 is 0 Å². The maximum atomic E-state index is 6.30. The van der Waals surface area contributed by atoms with Crippen LogP contribution >= 0.6 is 11.6 Å². The summed E-state index contributed by atoms with van der Waals surface area (Å²) in [5, 5.41) is 5.25. The van der Waals surface area contributed by atoms with Crippen molar-refractivity contribution in [3.05, 3.63) is 16.9 Å². The van der Waals surface area contributed by atoms with Gasteiger partial charge in [0.15, 0.2) is 0 Å². The molecule has 0 radical (unpaired) electrons. The lowest BCUT2D eigenvalue weighted by atomic mass is 9.86. The van der Waals surface area contributed by atoms with Crippen molar-refractivity contribution in [2.45, 2.75) is 45.1 Å². The predicted molar refractivity (Wildman–Crippen MR) is 66.7 cm³/mol. The van der Waals surface area contributed by atoms with Gasteiger partial charge in [0.05, 0.1) is 12.2 Å². The Hall–Kier alpha value is -0.540. The zero-order valence-corrected chi connectivity index (χ0v) is 10.6. The van der Waals surface area contributed by atoms with E-state index in [2.05, 4.69) is 12.0 Å². The summed E-state index contributed by atoms with van der Waals surface area (Å²) in [6.07, 6.45) is 7.59. The number of hydrogen-bond donors (Lipinski definition) is 1. The number of aromatic nitrogens is 2. The second-order valence-electron chi connectivity index (χ2n) is 4.67. The Kier molecular flexibility index (Phi) is 3.87. The third kappa shape index (κ3) is 2.25. The number of nitrogens with two attached hydrogens (primary N) is 1. The van der Waals surface area contributed by atoms with Crippen molar-refractivity contribution in [2.75, 3.05) is 6.54 Å². The highest BCUT2D eigenvalue weighted by atomic mass is 35.5. The number of aryl methyl sites for hydroxylation is 1. The molecule has 1 saturated carbocycles. The first-order chi connectivity index (χ1) is 7.76. The molecule has 1 aliphatic carbocycles. The second-order valence-corrected chi connectivity index (χ2v) is 5.03. The summed E-state index contributed by atoms with van der Waals surface area (Å²) < 4.78 is 2.01. The van der Waals surface area contributed by atoms with E-state index in [1.165, 1.54) is 12.8 Å². The first-order valence-electron chi connectivity index (χ1n) is 6.18. The van der Waals surface area contributed by atoms with Crippen LogP contribution in [0, 0.1) is 5.92 Å². The summed E-state index contributed by atoms with van der Waals surface area (Å²) in [6.45, 7) is 2.93. The number of halogens is 1. The number of rotatable bonds is 3. The summed E-state index contributed by atoms with van der Waals surface area (Å²) in [7, 11) is 0. The van der Waals surface area contributed by atoms with Gasteiger partial charge in [-0.3, -0.25) is 4.68 Å². The van der Waals surface area contributed by atoms with Gasteiger partial charge in [0.1, 0.15) is 5.15 Å². The van der Waals surface area contributed by atoms with Gasteiger partial charge in [-0.1, -0.05) is 18.5 Å². The quantitative estimate of drug-likeness (QED) is 0.885. The van der Waals surface area contributed by atoms with Crippen LogP contribution < -0.4 is 5.73 Å². The Morgan fingerprint density at radius 2 is 2.12 bits per heavy atom. The molecule has 1 fully saturated rings. The van der Waals surface area contributed by atoms with Gasteiger partial charge in [-0.05, 0) is 44.6 Å². The van der Waals surface area contributed by atoms with E-state index in [0.29, 0.717) is 12.0 Å². The maximum absolute atomic E-state index is 6.30. The molecule has 16 heavy (non-hydrogen) atoms. The summed E-state index contributed by atoms with van der Waals surface area (Å²) in [6, 6.07) is 0.482. The largest absolute Gasteiger partial charge is 0.330 e. The molecule has 1 aromatic rings. The number of hydrogen-bond acceptors (Lipinski definition) is 2. The fraction of sp³-hybridized carbons (Fsp3) is 0.750. The Balaban J connectivity index is 2.05. The van der Waals surface area contributed by atoms with E-state index in [1.54, 1.807) is 0 Å². The summed E-state index contributed by atoms with van der Waals surface area (Å²) in [5.41, 5.74) is 6.85.